The molecule has 1 saturated heterocycles. The Hall–Kier alpha value is -2.15. The average molecular weight is 308 g/mol. The molecule has 0 aromatic carbocycles. The highest BCUT2D eigenvalue weighted by molar-refractivity contribution is 7.11. The molecule has 0 bridgehead atoms. The van der Waals surface area contributed by atoms with Crippen molar-refractivity contribution in [2.75, 3.05) is 26.2 Å². The van der Waals surface area contributed by atoms with Crippen molar-refractivity contribution < 1.29 is 19.5 Å². The largest absolute Gasteiger partial charge is 0.478 e. The van der Waals surface area contributed by atoms with E-state index in [-0.39, 0.29) is 11.8 Å². The van der Waals surface area contributed by atoms with Gasteiger partial charge in [-0.15, -0.1) is 11.3 Å². The monoisotopic (exact) mass is 308 g/mol. The van der Waals surface area contributed by atoms with Crippen LogP contribution in [-0.2, 0) is 9.59 Å². The van der Waals surface area contributed by atoms with Crippen LogP contribution in [0.3, 0.4) is 0 Å². The summed E-state index contributed by atoms with van der Waals surface area (Å²) in [6.45, 7) is 3.68. The fourth-order valence-electron chi connectivity index (χ4n) is 2.11. The summed E-state index contributed by atoms with van der Waals surface area (Å²) in [5.74, 6) is -1.07. The zero-order valence-electron chi connectivity index (χ0n) is 11.6. The highest BCUT2D eigenvalue weighted by Gasteiger charge is 2.23. The Morgan fingerprint density at radius 3 is 2.38 bits per heavy atom. The summed E-state index contributed by atoms with van der Waals surface area (Å²) in [4.78, 5) is 38.2. The second-order valence-corrected chi connectivity index (χ2v) is 5.65. The fourth-order valence-corrected chi connectivity index (χ4v) is 2.89. The Morgan fingerprint density at radius 2 is 1.81 bits per heavy atom. The van der Waals surface area contributed by atoms with Gasteiger partial charge in [-0.1, -0.05) is 0 Å². The number of piperazine rings is 1. The van der Waals surface area contributed by atoms with Gasteiger partial charge in [-0.25, -0.2) is 4.79 Å². The zero-order valence-corrected chi connectivity index (χ0v) is 12.4. The first-order chi connectivity index (χ1) is 9.97. The van der Waals surface area contributed by atoms with Crippen LogP contribution >= 0.6 is 11.3 Å². The molecule has 0 saturated carbocycles. The lowest BCUT2D eigenvalue weighted by molar-refractivity contribution is -0.131. The molecule has 2 heterocycles. The van der Waals surface area contributed by atoms with Gasteiger partial charge in [0.15, 0.2) is 0 Å². The Morgan fingerprint density at radius 1 is 1.19 bits per heavy atom. The molecule has 112 valence electrons. The van der Waals surface area contributed by atoms with Crippen molar-refractivity contribution in [3.8, 4) is 0 Å². The molecule has 0 radical (unpaired) electrons. The molecule has 0 unspecified atom stereocenters. The van der Waals surface area contributed by atoms with Gasteiger partial charge in [0.2, 0.25) is 5.91 Å². The van der Waals surface area contributed by atoms with Gasteiger partial charge in [0, 0.05) is 49.4 Å². The Labute approximate surface area is 126 Å². The summed E-state index contributed by atoms with van der Waals surface area (Å²) >= 11 is 1.33. The summed E-state index contributed by atoms with van der Waals surface area (Å²) in [5.41, 5.74) is 0.557. The first kappa shape index (κ1) is 15.2. The maximum Gasteiger partial charge on any atom is 0.328 e. The third kappa shape index (κ3) is 3.91. The minimum Gasteiger partial charge on any atom is -0.478 e. The first-order valence-corrected chi connectivity index (χ1v) is 7.39. The van der Waals surface area contributed by atoms with Gasteiger partial charge in [0.05, 0.1) is 5.56 Å². The molecule has 0 atom stereocenters. The average Bonchev–Trinajstić information content (AvgIpc) is 2.93. The normalized spacial score (nSPS) is 15.5. The molecule has 2 rings (SSSR count). The maximum atomic E-state index is 12.3. The summed E-state index contributed by atoms with van der Waals surface area (Å²) in [6.07, 6.45) is 2.52. The van der Waals surface area contributed by atoms with Gasteiger partial charge >= 0.3 is 5.97 Å². The number of rotatable bonds is 3. The van der Waals surface area contributed by atoms with E-state index >= 15 is 0 Å². The van der Waals surface area contributed by atoms with Crippen LogP contribution in [-0.4, -0.2) is 58.9 Å². The molecule has 0 spiro atoms. The van der Waals surface area contributed by atoms with E-state index < -0.39 is 5.97 Å². The summed E-state index contributed by atoms with van der Waals surface area (Å²) in [6, 6.07) is 1.68. The maximum absolute atomic E-state index is 12.3. The zero-order chi connectivity index (χ0) is 15.4. The van der Waals surface area contributed by atoms with Gasteiger partial charge in [-0.05, 0) is 12.1 Å². The summed E-state index contributed by atoms with van der Waals surface area (Å²) < 4.78 is 0. The second-order valence-electron chi connectivity index (χ2n) is 4.71. The van der Waals surface area contributed by atoms with E-state index in [0.29, 0.717) is 31.7 Å². The first-order valence-electron chi connectivity index (χ1n) is 6.51. The predicted octanol–water partition coefficient (Wildman–Crippen LogP) is 1.15. The number of carbonyl (C=O) groups is 3. The third-order valence-corrected chi connectivity index (χ3v) is 4.17. The van der Waals surface area contributed by atoms with E-state index in [2.05, 4.69) is 0 Å². The minimum atomic E-state index is -1.02. The van der Waals surface area contributed by atoms with Crippen LogP contribution in [0.5, 0.6) is 0 Å². The van der Waals surface area contributed by atoms with Gasteiger partial charge in [0.1, 0.15) is 0 Å². The van der Waals surface area contributed by atoms with Crippen molar-refractivity contribution in [3.63, 3.8) is 0 Å². The standard InChI is InChI=1S/C14H16N2O4S/c1-10(17)15-4-6-16(7-5-15)14(20)11-8-12(21-9-11)2-3-13(18)19/h2-3,8-9H,4-7H2,1H3,(H,18,19). The van der Waals surface area contributed by atoms with Crippen molar-refractivity contribution in [2.24, 2.45) is 0 Å². The third-order valence-electron chi connectivity index (χ3n) is 3.27. The van der Waals surface area contributed by atoms with Crippen molar-refractivity contribution in [1.29, 1.82) is 0 Å². The van der Waals surface area contributed by atoms with Crippen molar-refractivity contribution in [3.05, 3.63) is 28.0 Å². The van der Waals surface area contributed by atoms with E-state index in [4.69, 9.17) is 5.11 Å². The van der Waals surface area contributed by atoms with E-state index in [0.717, 1.165) is 11.0 Å². The van der Waals surface area contributed by atoms with Crippen LogP contribution in [0.15, 0.2) is 17.5 Å². The lowest BCUT2D eigenvalue weighted by Gasteiger charge is -2.34. The van der Waals surface area contributed by atoms with Gasteiger partial charge in [0.25, 0.3) is 5.91 Å². The Balaban J connectivity index is 1.98. The molecule has 7 heteroatoms. The highest BCUT2D eigenvalue weighted by atomic mass is 32.1. The number of thiophene rings is 1. The Bertz CT molecular complexity index is 586. The molecule has 2 amide bonds. The van der Waals surface area contributed by atoms with Gasteiger partial charge < -0.3 is 14.9 Å². The van der Waals surface area contributed by atoms with E-state index in [1.807, 2.05) is 0 Å². The second kappa shape index (κ2) is 6.53. The minimum absolute atomic E-state index is 0.0266. The molecule has 1 aliphatic rings. The highest BCUT2D eigenvalue weighted by Crippen LogP contribution is 2.18. The number of carboxylic acids is 1. The molecular weight excluding hydrogens is 292 g/mol. The van der Waals surface area contributed by atoms with Crippen LogP contribution in [0, 0.1) is 0 Å². The van der Waals surface area contributed by atoms with Crippen molar-refractivity contribution >= 4 is 35.2 Å². The smallest absolute Gasteiger partial charge is 0.328 e. The van der Waals surface area contributed by atoms with Crippen LogP contribution in [0.25, 0.3) is 6.08 Å². The molecular formula is C14H16N2O4S. The van der Waals surface area contributed by atoms with Crippen molar-refractivity contribution in [1.82, 2.24) is 9.80 Å². The van der Waals surface area contributed by atoms with Crippen LogP contribution in [0.2, 0.25) is 0 Å². The van der Waals surface area contributed by atoms with Crippen LogP contribution < -0.4 is 0 Å². The summed E-state index contributed by atoms with van der Waals surface area (Å²) in [5, 5.41) is 10.3. The molecule has 21 heavy (non-hydrogen) atoms. The fraction of sp³-hybridized carbons (Fsp3) is 0.357. The molecule has 0 aliphatic carbocycles. The number of carboxylic acid groups (broad SMARTS) is 1. The number of amides is 2. The van der Waals surface area contributed by atoms with Crippen molar-refractivity contribution in [2.45, 2.75) is 6.92 Å². The topological polar surface area (TPSA) is 77.9 Å². The quantitative estimate of drug-likeness (QED) is 0.850. The summed E-state index contributed by atoms with van der Waals surface area (Å²) in [7, 11) is 0. The molecule has 6 nitrogen and oxygen atoms in total. The molecule has 1 N–H and O–H groups in total. The predicted molar refractivity (Wildman–Crippen MR) is 79.1 cm³/mol. The van der Waals surface area contributed by atoms with E-state index in [9.17, 15) is 14.4 Å². The molecule has 1 aromatic heterocycles. The van der Waals surface area contributed by atoms with E-state index in [1.165, 1.54) is 24.3 Å². The number of nitrogens with zero attached hydrogens (tertiary/aromatic N) is 2. The number of carbonyl (C=O) groups excluding carboxylic acids is 2. The lowest BCUT2D eigenvalue weighted by Crippen LogP contribution is -2.50. The number of aliphatic carboxylic acids is 1. The lowest BCUT2D eigenvalue weighted by atomic mass is 10.2. The van der Waals surface area contributed by atoms with Gasteiger partial charge in [-0.3, -0.25) is 9.59 Å². The molecule has 1 aliphatic heterocycles. The van der Waals surface area contributed by atoms with Crippen LogP contribution in [0.4, 0.5) is 0 Å². The van der Waals surface area contributed by atoms with Crippen LogP contribution in [0.1, 0.15) is 22.2 Å². The molecule has 1 aromatic rings. The number of hydrogen-bond acceptors (Lipinski definition) is 4. The Kier molecular flexibility index (Phi) is 4.74. The van der Waals surface area contributed by atoms with E-state index in [1.54, 1.807) is 21.2 Å². The number of hydrogen-bond donors (Lipinski definition) is 1. The molecule has 1 fully saturated rings. The SMILES string of the molecule is CC(=O)N1CCN(C(=O)c2csc(C=CC(=O)O)c2)CC1. The van der Waals surface area contributed by atoms with Gasteiger partial charge in [-0.2, -0.15) is 0 Å².